The molecule has 0 aliphatic heterocycles. The number of hydrogen-bond donors (Lipinski definition) is 3. The molecule has 0 bridgehead atoms. The summed E-state index contributed by atoms with van der Waals surface area (Å²) in [6, 6.07) is 0. The molecule has 68 valence electrons. The summed E-state index contributed by atoms with van der Waals surface area (Å²) in [5.41, 5.74) is 0. The van der Waals surface area contributed by atoms with Gasteiger partial charge in [0.25, 0.3) is 0 Å². The van der Waals surface area contributed by atoms with E-state index in [0.29, 0.717) is 4.90 Å². The van der Waals surface area contributed by atoms with Crippen LogP contribution in [0.3, 0.4) is 0 Å². The van der Waals surface area contributed by atoms with Gasteiger partial charge in [-0.2, -0.15) is 0 Å². The van der Waals surface area contributed by atoms with Crippen molar-refractivity contribution in [1.29, 1.82) is 0 Å². The van der Waals surface area contributed by atoms with Crippen molar-refractivity contribution in [3.8, 4) is 0 Å². The van der Waals surface area contributed by atoms with E-state index in [-0.39, 0.29) is 0 Å². The molecule has 12 heavy (non-hydrogen) atoms. The molecule has 5 nitrogen and oxygen atoms in total. The largest absolute Gasteiger partial charge is 0.465 e. The fourth-order valence-electron chi connectivity index (χ4n) is 0.610. The Morgan fingerprint density at radius 2 is 1.58 bits per heavy atom. The minimum Gasteiger partial charge on any atom is -0.465 e. The predicted octanol–water partition coefficient (Wildman–Crippen LogP) is -0.0248. The second kappa shape index (κ2) is 4.53. The highest BCUT2D eigenvalue weighted by Crippen LogP contribution is 2.03. The zero-order valence-electron chi connectivity index (χ0n) is 6.42. The number of nitrogens with zero attached hydrogens (tertiary/aromatic N) is 1. The van der Waals surface area contributed by atoms with Crippen LogP contribution >= 0.6 is 0 Å². The lowest BCUT2D eigenvalue weighted by atomic mass is 10.4. The molecular formula is C7H11NO4. The summed E-state index contributed by atoms with van der Waals surface area (Å²) >= 11 is 0. The smallest absolute Gasteiger partial charge is 0.411 e. The molecular weight excluding hydrogens is 162 g/mol. The maximum absolute atomic E-state index is 10.4. The first kappa shape index (κ1) is 10.7. The zero-order chi connectivity index (χ0) is 9.72. The molecule has 0 aromatic rings. The van der Waals surface area contributed by atoms with Crippen LogP contribution in [-0.4, -0.2) is 38.8 Å². The fraction of sp³-hybridized carbons (Fsp3) is 0.286. The van der Waals surface area contributed by atoms with Gasteiger partial charge in [-0.15, -0.1) is 0 Å². The summed E-state index contributed by atoms with van der Waals surface area (Å²) in [6.07, 6.45) is -2.34. The maximum Gasteiger partial charge on any atom is 0.411 e. The lowest BCUT2D eigenvalue weighted by Gasteiger charge is -2.25. The van der Waals surface area contributed by atoms with Gasteiger partial charge >= 0.3 is 6.09 Å². The Morgan fingerprint density at radius 3 is 1.75 bits per heavy atom. The van der Waals surface area contributed by atoms with Crippen LogP contribution in [0.25, 0.3) is 0 Å². The number of carboxylic acid groups (broad SMARTS) is 1. The normalized spacial score (nSPS) is 14.5. The summed E-state index contributed by atoms with van der Waals surface area (Å²) in [4.78, 5) is 10.8. The summed E-state index contributed by atoms with van der Waals surface area (Å²) in [5, 5.41) is 26.5. The van der Waals surface area contributed by atoms with Crippen molar-refractivity contribution in [3.63, 3.8) is 0 Å². The van der Waals surface area contributed by atoms with Crippen LogP contribution in [0.1, 0.15) is 0 Å². The van der Waals surface area contributed by atoms with Gasteiger partial charge in [-0.05, 0) is 12.2 Å². The van der Waals surface area contributed by atoms with E-state index >= 15 is 0 Å². The first-order valence-electron chi connectivity index (χ1n) is 3.17. The number of carbonyl (C=O) groups is 1. The average Bonchev–Trinajstić information content (AvgIpc) is 2.03. The first-order chi connectivity index (χ1) is 5.54. The molecule has 0 aliphatic rings. The molecule has 2 unspecified atom stereocenters. The number of amides is 1. The maximum atomic E-state index is 10.4. The van der Waals surface area contributed by atoms with Crippen LogP contribution in [0.2, 0.25) is 0 Å². The van der Waals surface area contributed by atoms with E-state index in [1.807, 2.05) is 0 Å². The molecule has 0 aromatic carbocycles. The molecule has 0 radical (unpaired) electrons. The van der Waals surface area contributed by atoms with E-state index in [1.165, 1.54) is 0 Å². The van der Waals surface area contributed by atoms with E-state index in [9.17, 15) is 4.79 Å². The Balaban J connectivity index is 4.52. The molecule has 3 N–H and O–H groups in total. The highest BCUT2D eigenvalue weighted by Gasteiger charge is 2.23. The SMILES string of the molecule is C=CC(O)N(C(=O)O)C(O)C=C. The van der Waals surface area contributed by atoms with Crippen molar-refractivity contribution >= 4 is 6.09 Å². The number of aliphatic hydroxyl groups excluding tert-OH is 2. The summed E-state index contributed by atoms with van der Waals surface area (Å²) in [6.45, 7) is 6.36. The molecule has 0 fully saturated rings. The topological polar surface area (TPSA) is 81.0 Å². The van der Waals surface area contributed by atoms with Crippen molar-refractivity contribution in [2.24, 2.45) is 0 Å². The van der Waals surface area contributed by atoms with Gasteiger partial charge in [0.15, 0.2) is 12.5 Å². The van der Waals surface area contributed by atoms with Crippen molar-refractivity contribution < 1.29 is 20.1 Å². The second-order valence-corrected chi connectivity index (χ2v) is 1.99. The van der Waals surface area contributed by atoms with E-state index in [0.717, 1.165) is 12.2 Å². The monoisotopic (exact) mass is 173 g/mol. The van der Waals surface area contributed by atoms with Gasteiger partial charge in [0, 0.05) is 0 Å². The Labute approximate surface area is 69.9 Å². The predicted molar refractivity (Wildman–Crippen MR) is 42.3 cm³/mol. The molecule has 0 rings (SSSR count). The molecule has 1 amide bonds. The first-order valence-corrected chi connectivity index (χ1v) is 3.17. The molecule has 5 heteroatoms. The zero-order valence-corrected chi connectivity index (χ0v) is 6.42. The van der Waals surface area contributed by atoms with Crippen LogP contribution in [0, 0.1) is 0 Å². The van der Waals surface area contributed by atoms with E-state index in [2.05, 4.69) is 13.2 Å². The number of hydrogen-bond acceptors (Lipinski definition) is 3. The van der Waals surface area contributed by atoms with Crippen molar-refractivity contribution in [2.45, 2.75) is 12.5 Å². The summed E-state index contributed by atoms with van der Waals surface area (Å²) < 4.78 is 0. The summed E-state index contributed by atoms with van der Waals surface area (Å²) in [7, 11) is 0. The van der Waals surface area contributed by atoms with Crippen LogP contribution in [0.5, 0.6) is 0 Å². The van der Waals surface area contributed by atoms with Crippen LogP contribution in [0.4, 0.5) is 4.79 Å². The highest BCUT2D eigenvalue weighted by molar-refractivity contribution is 5.66. The summed E-state index contributed by atoms with van der Waals surface area (Å²) in [5.74, 6) is 0. The van der Waals surface area contributed by atoms with Gasteiger partial charge in [-0.1, -0.05) is 13.2 Å². The molecule has 0 heterocycles. The van der Waals surface area contributed by atoms with Crippen molar-refractivity contribution in [3.05, 3.63) is 25.3 Å². The van der Waals surface area contributed by atoms with Crippen LogP contribution in [-0.2, 0) is 0 Å². The Hall–Kier alpha value is -1.33. The molecule has 0 aromatic heterocycles. The van der Waals surface area contributed by atoms with E-state index in [1.54, 1.807) is 0 Å². The number of aliphatic hydroxyl groups is 2. The molecule has 0 spiro atoms. The third-order valence-electron chi connectivity index (χ3n) is 1.21. The lowest BCUT2D eigenvalue weighted by Crippen LogP contribution is -2.44. The van der Waals surface area contributed by atoms with Gasteiger partial charge in [0.1, 0.15) is 0 Å². The third kappa shape index (κ3) is 2.37. The minimum atomic E-state index is -1.45. The standard InChI is InChI=1S/C7H11NO4/c1-3-5(9)8(7(11)12)6(10)4-2/h3-6,9-10H,1-2H2,(H,11,12). The molecule has 0 saturated carbocycles. The van der Waals surface area contributed by atoms with Crippen molar-refractivity contribution in [2.75, 3.05) is 0 Å². The Bertz CT molecular complexity index is 178. The fourth-order valence-corrected chi connectivity index (χ4v) is 0.610. The minimum absolute atomic E-state index is 0.403. The van der Waals surface area contributed by atoms with Gasteiger partial charge < -0.3 is 15.3 Å². The Morgan fingerprint density at radius 1 is 1.25 bits per heavy atom. The van der Waals surface area contributed by atoms with Gasteiger partial charge in [-0.25, -0.2) is 9.69 Å². The lowest BCUT2D eigenvalue weighted by molar-refractivity contribution is -0.0388. The quantitative estimate of drug-likeness (QED) is 0.412. The average molecular weight is 173 g/mol. The van der Waals surface area contributed by atoms with Gasteiger partial charge in [0.2, 0.25) is 0 Å². The van der Waals surface area contributed by atoms with Crippen molar-refractivity contribution in [1.82, 2.24) is 4.90 Å². The highest BCUT2D eigenvalue weighted by atomic mass is 16.4. The third-order valence-corrected chi connectivity index (χ3v) is 1.21. The van der Waals surface area contributed by atoms with E-state index < -0.39 is 18.5 Å². The molecule has 0 saturated heterocycles. The molecule has 2 atom stereocenters. The Kier molecular flexibility index (Phi) is 4.03. The van der Waals surface area contributed by atoms with Gasteiger partial charge in [0.05, 0.1) is 0 Å². The molecule has 0 aliphatic carbocycles. The van der Waals surface area contributed by atoms with E-state index in [4.69, 9.17) is 15.3 Å². The van der Waals surface area contributed by atoms with Crippen LogP contribution in [0.15, 0.2) is 25.3 Å². The second-order valence-electron chi connectivity index (χ2n) is 1.99. The van der Waals surface area contributed by atoms with Crippen LogP contribution < -0.4 is 0 Å². The number of rotatable bonds is 4. The van der Waals surface area contributed by atoms with Gasteiger partial charge in [-0.3, -0.25) is 0 Å².